The maximum atomic E-state index is 11.7. The Morgan fingerprint density at radius 2 is 1.86 bits per heavy atom. The molecule has 0 radical (unpaired) electrons. The van der Waals surface area contributed by atoms with E-state index < -0.39 is 0 Å². The molecule has 5 heteroatoms. The van der Waals surface area contributed by atoms with Crippen molar-refractivity contribution in [1.29, 1.82) is 0 Å². The summed E-state index contributed by atoms with van der Waals surface area (Å²) in [5.41, 5.74) is 0. The van der Waals surface area contributed by atoms with Crippen molar-refractivity contribution < 1.29 is 9.53 Å². The highest BCUT2D eigenvalue weighted by Crippen LogP contribution is 2.20. The SMILES string of the molecule is CN(C)C(=O)CN1CCC(NCCOC2CCCC2)CC1. The molecule has 0 aromatic heterocycles. The molecule has 0 aromatic rings. The van der Waals surface area contributed by atoms with Gasteiger partial charge in [0.15, 0.2) is 0 Å². The lowest BCUT2D eigenvalue weighted by atomic mass is 10.1. The molecule has 0 atom stereocenters. The molecule has 1 N–H and O–H groups in total. The van der Waals surface area contributed by atoms with E-state index in [2.05, 4.69) is 10.2 Å². The van der Waals surface area contributed by atoms with E-state index in [4.69, 9.17) is 4.74 Å². The molecule has 2 aliphatic rings. The van der Waals surface area contributed by atoms with Crippen molar-refractivity contribution in [2.75, 3.05) is 46.9 Å². The van der Waals surface area contributed by atoms with Crippen LogP contribution in [0.4, 0.5) is 0 Å². The van der Waals surface area contributed by atoms with Gasteiger partial charge in [0.05, 0.1) is 19.3 Å². The Kier molecular flexibility index (Phi) is 6.93. The summed E-state index contributed by atoms with van der Waals surface area (Å²) in [4.78, 5) is 15.6. The summed E-state index contributed by atoms with van der Waals surface area (Å²) in [6.45, 7) is 4.38. The van der Waals surface area contributed by atoms with Crippen LogP contribution in [0.3, 0.4) is 0 Å². The number of carbonyl (C=O) groups is 1. The van der Waals surface area contributed by atoms with Crippen LogP contribution in [-0.2, 0) is 9.53 Å². The minimum absolute atomic E-state index is 0.200. The van der Waals surface area contributed by atoms with Crippen LogP contribution in [0.1, 0.15) is 38.5 Å². The molecule has 0 aromatic carbocycles. The van der Waals surface area contributed by atoms with E-state index in [0.717, 1.165) is 39.1 Å². The number of nitrogens with zero attached hydrogens (tertiary/aromatic N) is 2. The highest BCUT2D eigenvalue weighted by Gasteiger charge is 2.21. The fraction of sp³-hybridized carbons (Fsp3) is 0.938. The first-order valence-electron chi connectivity index (χ1n) is 8.42. The first kappa shape index (κ1) is 16.7. The number of likely N-dealkylation sites (N-methyl/N-ethyl adjacent to an activating group) is 1. The highest BCUT2D eigenvalue weighted by molar-refractivity contribution is 5.77. The van der Waals surface area contributed by atoms with Gasteiger partial charge in [-0.2, -0.15) is 0 Å². The quantitative estimate of drug-likeness (QED) is 0.715. The summed E-state index contributed by atoms with van der Waals surface area (Å²) in [5.74, 6) is 0.200. The highest BCUT2D eigenvalue weighted by atomic mass is 16.5. The lowest BCUT2D eigenvalue weighted by molar-refractivity contribution is -0.130. The molecular weight excluding hydrogens is 266 g/mol. The van der Waals surface area contributed by atoms with E-state index in [-0.39, 0.29) is 5.91 Å². The molecule has 1 aliphatic heterocycles. The molecule has 1 heterocycles. The van der Waals surface area contributed by atoms with Crippen LogP contribution < -0.4 is 5.32 Å². The van der Waals surface area contributed by atoms with Crippen LogP contribution in [0.2, 0.25) is 0 Å². The second-order valence-electron chi connectivity index (χ2n) is 6.57. The normalized spacial score (nSPS) is 21.8. The van der Waals surface area contributed by atoms with E-state index in [1.54, 1.807) is 4.90 Å². The van der Waals surface area contributed by atoms with Crippen LogP contribution in [0, 0.1) is 0 Å². The lowest BCUT2D eigenvalue weighted by Gasteiger charge is -2.32. The van der Waals surface area contributed by atoms with Gasteiger partial charge in [-0.05, 0) is 25.7 Å². The maximum Gasteiger partial charge on any atom is 0.236 e. The number of rotatable bonds is 7. The number of hydrogen-bond acceptors (Lipinski definition) is 4. The largest absolute Gasteiger partial charge is 0.377 e. The Bertz CT molecular complexity index is 309. The fourth-order valence-electron chi connectivity index (χ4n) is 3.17. The zero-order valence-electron chi connectivity index (χ0n) is 13.6. The van der Waals surface area contributed by atoms with Crippen LogP contribution in [0.15, 0.2) is 0 Å². The lowest BCUT2D eigenvalue weighted by Crippen LogP contribution is -2.46. The molecule has 1 saturated heterocycles. The van der Waals surface area contributed by atoms with E-state index >= 15 is 0 Å². The summed E-state index contributed by atoms with van der Waals surface area (Å²) < 4.78 is 5.87. The molecule has 0 spiro atoms. The van der Waals surface area contributed by atoms with Crippen molar-refractivity contribution in [1.82, 2.24) is 15.1 Å². The van der Waals surface area contributed by atoms with Crippen molar-refractivity contribution in [3.05, 3.63) is 0 Å². The third kappa shape index (κ3) is 5.93. The van der Waals surface area contributed by atoms with Crippen LogP contribution in [0.25, 0.3) is 0 Å². The molecule has 1 saturated carbocycles. The smallest absolute Gasteiger partial charge is 0.236 e. The number of piperidine rings is 1. The minimum Gasteiger partial charge on any atom is -0.377 e. The second-order valence-corrected chi connectivity index (χ2v) is 6.57. The molecule has 1 amide bonds. The van der Waals surface area contributed by atoms with Gasteiger partial charge in [-0.25, -0.2) is 0 Å². The van der Waals surface area contributed by atoms with Gasteiger partial charge in [0.2, 0.25) is 5.91 Å². The first-order valence-corrected chi connectivity index (χ1v) is 8.42. The molecule has 2 rings (SSSR count). The molecule has 2 fully saturated rings. The Morgan fingerprint density at radius 3 is 2.48 bits per heavy atom. The van der Waals surface area contributed by atoms with Gasteiger partial charge in [-0.15, -0.1) is 0 Å². The summed E-state index contributed by atoms with van der Waals surface area (Å²) >= 11 is 0. The summed E-state index contributed by atoms with van der Waals surface area (Å²) in [7, 11) is 3.64. The Morgan fingerprint density at radius 1 is 1.19 bits per heavy atom. The van der Waals surface area contributed by atoms with Crippen molar-refractivity contribution >= 4 is 5.91 Å². The van der Waals surface area contributed by atoms with Crippen LogP contribution in [0.5, 0.6) is 0 Å². The van der Waals surface area contributed by atoms with E-state index in [1.807, 2.05) is 14.1 Å². The summed E-state index contributed by atoms with van der Waals surface area (Å²) in [6.07, 6.45) is 7.95. The van der Waals surface area contributed by atoms with Gasteiger partial charge < -0.3 is 15.0 Å². The predicted molar refractivity (Wildman–Crippen MR) is 84.4 cm³/mol. The monoisotopic (exact) mass is 297 g/mol. The Balaban J connectivity index is 1.51. The third-order valence-corrected chi connectivity index (χ3v) is 4.64. The number of carbonyl (C=O) groups excluding carboxylic acids is 1. The zero-order valence-corrected chi connectivity index (χ0v) is 13.6. The molecular formula is C16H31N3O2. The standard InChI is InChI=1S/C16H31N3O2/c1-18(2)16(20)13-19-10-7-14(8-11-19)17-9-12-21-15-5-3-4-6-15/h14-15,17H,3-13H2,1-2H3. The number of hydrogen-bond donors (Lipinski definition) is 1. The molecule has 5 nitrogen and oxygen atoms in total. The van der Waals surface area contributed by atoms with Crippen molar-refractivity contribution in [2.24, 2.45) is 0 Å². The topological polar surface area (TPSA) is 44.8 Å². The zero-order chi connectivity index (χ0) is 15.1. The van der Waals surface area contributed by atoms with Gasteiger partial charge in [0.25, 0.3) is 0 Å². The van der Waals surface area contributed by atoms with Gasteiger partial charge >= 0.3 is 0 Å². The molecule has 0 unspecified atom stereocenters. The number of amides is 1. The average molecular weight is 297 g/mol. The van der Waals surface area contributed by atoms with E-state index in [0.29, 0.717) is 18.7 Å². The van der Waals surface area contributed by atoms with Crippen molar-refractivity contribution in [3.63, 3.8) is 0 Å². The predicted octanol–water partition coefficient (Wildman–Crippen LogP) is 1.09. The van der Waals surface area contributed by atoms with Crippen LogP contribution in [-0.4, -0.2) is 74.7 Å². The van der Waals surface area contributed by atoms with Gasteiger partial charge in [-0.1, -0.05) is 12.8 Å². The average Bonchev–Trinajstić information content (AvgIpc) is 2.98. The number of likely N-dealkylation sites (tertiary alicyclic amines) is 1. The van der Waals surface area contributed by atoms with Crippen molar-refractivity contribution in [3.8, 4) is 0 Å². The molecule has 21 heavy (non-hydrogen) atoms. The van der Waals surface area contributed by atoms with E-state index in [9.17, 15) is 4.79 Å². The molecule has 1 aliphatic carbocycles. The second kappa shape index (κ2) is 8.71. The molecule has 0 bridgehead atoms. The summed E-state index contributed by atoms with van der Waals surface area (Å²) in [5, 5.41) is 3.60. The Labute approximate surface area is 129 Å². The van der Waals surface area contributed by atoms with Crippen LogP contribution >= 0.6 is 0 Å². The van der Waals surface area contributed by atoms with Gasteiger partial charge in [0, 0.05) is 39.8 Å². The number of ether oxygens (including phenoxy) is 1. The minimum atomic E-state index is 0.200. The third-order valence-electron chi connectivity index (χ3n) is 4.64. The van der Waals surface area contributed by atoms with Crippen molar-refractivity contribution in [2.45, 2.75) is 50.7 Å². The Hall–Kier alpha value is -0.650. The summed E-state index contributed by atoms with van der Waals surface area (Å²) in [6, 6.07) is 0.586. The maximum absolute atomic E-state index is 11.7. The fourth-order valence-corrected chi connectivity index (χ4v) is 3.17. The first-order chi connectivity index (χ1) is 10.1. The molecule has 122 valence electrons. The van der Waals surface area contributed by atoms with Gasteiger partial charge in [0.1, 0.15) is 0 Å². The van der Waals surface area contributed by atoms with E-state index in [1.165, 1.54) is 25.7 Å². The van der Waals surface area contributed by atoms with Gasteiger partial charge in [-0.3, -0.25) is 9.69 Å². The number of nitrogens with one attached hydrogen (secondary N) is 1.